The van der Waals surface area contributed by atoms with Crippen LogP contribution in [0.1, 0.15) is 101 Å². The molecule has 18 atom stereocenters. The van der Waals surface area contributed by atoms with Crippen molar-refractivity contribution in [2.45, 2.75) is 127 Å². The first-order valence-electron chi connectivity index (χ1n) is 24.1. The number of hydrogen-bond acceptors (Lipinski definition) is 14. The SMILES string of the molecule is C[C@@H]1C[C@H]2[C@@H]3C[C@H](F)C4=CC(=O)C=C[C@]4(C)[C@@]3(F)[C@@H](O)C[C@]2(C)[C@@]1(OC(=O)c1ccco1)C(=O)SCSC(=O)[C@]1(OC(=O)c2ccco2)[C@@H](C)C[C@H]2[C@@H]3C[C@@H](F)C4=CC(=O)C=C[C@@]4(C)[C@]3(F)[C@H](O)C[C@@]21C. The zero-order chi connectivity index (χ0) is 51.2. The summed E-state index contributed by atoms with van der Waals surface area (Å²) in [5.41, 5.74) is -16.0. The topological polar surface area (TPSA) is 188 Å². The smallest absolute Gasteiger partial charge is 0.375 e. The summed E-state index contributed by atoms with van der Waals surface area (Å²) >= 11 is 1.22. The van der Waals surface area contributed by atoms with Crippen LogP contribution >= 0.6 is 23.5 Å². The Balaban J connectivity index is 0.987. The molecule has 18 heteroatoms. The van der Waals surface area contributed by atoms with Crippen LogP contribution in [-0.2, 0) is 28.7 Å². The van der Waals surface area contributed by atoms with Gasteiger partial charge in [-0.15, -0.1) is 0 Å². The average molecular weight is 1030 g/mol. The van der Waals surface area contributed by atoms with Gasteiger partial charge in [0, 0.05) is 45.3 Å². The molecule has 10 rings (SSSR count). The molecule has 0 aromatic carbocycles. The van der Waals surface area contributed by atoms with Gasteiger partial charge < -0.3 is 28.5 Å². The average Bonchev–Trinajstić information content (AvgIpc) is 4.13. The molecular formula is C53H56F4O12S2. The third-order valence-corrected chi connectivity index (χ3v) is 21.3. The molecule has 2 heterocycles. The summed E-state index contributed by atoms with van der Waals surface area (Å²) in [4.78, 5) is 83.7. The minimum atomic E-state index is -2.50. The van der Waals surface area contributed by atoms with Crippen molar-refractivity contribution in [3.8, 4) is 0 Å². The number of rotatable bonds is 8. The molecule has 2 aromatic rings. The molecule has 8 aliphatic carbocycles. The zero-order valence-electron chi connectivity index (χ0n) is 40.0. The van der Waals surface area contributed by atoms with Gasteiger partial charge in [-0.1, -0.05) is 63.4 Å². The second-order valence-corrected chi connectivity index (χ2v) is 24.4. The van der Waals surface area contributed by atoms with Crippen LogP contribution in [0.3, 0.4) is 0 Å². The highest BCUT2D eigenvalue weighted by atomic mass is 32.2. The third-order valence-electron chi connectivity index (χ3n) is 19.3. The van der Waals surface area contributed by atoms with E-state index in [-0.39, 0.29) is 40.6 Å². The maximum atomic E-state index is 18.2. The summed E-state index contributed by atoms with van der Waals surface area (Å²) in [5, 5.41) is 22.4. The van der Waals surface area contributed by atoms with E-state index in [2.05, 4.69) is 0 Å². The van der Waals surface area contributed by atoms with E-state index >= 15 is 27.2 Å². The molecule has 0 radical (unpaired) electrons. The molecule has 0 unspecified atom stereocenters. The second kappa shape index (κ2) is 16.5. The van der Waals surface area contributed by atoms with E-state index in [0.29, 0.717) is 23.5 Å². The Morgan fingerprint density at radius 2 is 1.03 bits per heavy atom. The number of esters is 2. The summed E-state index contributed by atoms with van der Waals surface area (Å²) in [5.74, 6) is -9.49. The van der Waals surface area contributed by atoms with Crippen LogP contribution in [0.5, 0.6) is 0 Å². The fourth-order valence-electron chi connectivity index (χ4n) is 16.0. The molecule has 380 valence electrons. The second-order valence-electron chi connectivity index (χ2n) is 22.2. The highest BCUT2D eigenvalue weighted by Gasteiger charge is 2.80. The number of carbonyl (C=O) groups excluding carboxylic acids is 6. The lowest BCUT2D eigenvalue weighted by Crippen LogP contribution is -2.70. The fraction of sp³-hybridized carbons (Fsp3) is 0.585. The number of allylic oxidation sites excluding steroid dienone is 8. The van der Waals surface area contributed by atoms with Gasteiger partial charge >= 0.3 is 11.9 Å². The Kier molecular flexibility index (Phi) is 11.6. The maximum Gasteiger partial charge on any atom is 0.375 e. The van der Waals surface area contributed by atoms with E-state index in [1.165, 1.54) is 62.8 Å². The maximum absolute atomic E-state index is 18.2. The number of alkyl halides is 4. The van der Waals surface area contributed by atoms with Gasteiger partial charge in [0.25, 0.3) is 0 Å². The highest BCUT2D eigenvalue weighted by Crippen LogP contribution is 2.74. The van der Waals surface area contributed by atoms with Crippen molar-refractivity contribution in [1.29, 1.82) is 0 Å². The van der Waals surface area contributed by atoms with E-state index in [4.69, 9.17) is 18.3 Å². The van der Waals surface area contributed by atoms with Crippen molar-refractivity contribution in [2.75, 3.05) is 5.08 Å². The number of aliphatic hydroxyl groups excluding tert-OH is 2. The standard InChI is InChI=1S/C53H56F4O12S2/c1-26-17-30-32-21-36(54)34-19-28(58)11-13-46(34,3)50(32,56)40(60)23-48(30,5)52(26,68-42(62)38-9-7-15-66-38)44(64)70-25-71-45(65)53(69-43(63)39-10-8-16-67-39)27(2)18-31-33-22-37(55)35-20-29(59)12-14-47(35,4)51(33,57)41(61)24-49(31,53)6/h7-16,19-20,26-27,30-33,36-37,40-41,60-61H,17-18,21-25H2,1-6H3/t26-,27+,30-,31-,32-,33-,36+,37-,40+,41-,46+,47-,48-,49-,50+,51-,52+,53-/m0/s1. The number of carbonyl (C=O) groups is 6. The predicted molar refractivity (Wildman–Crippen MR) is 250 cm³/mol. The van der Waals surface area contributed by atoms with E-state index in [1.54, 1.807) is 27.7 Å². The largest absolute Gasteiger partial charge is 0.457 e. The third kappa shape index (κ3) is 6.37. The number of furan rings is 2. The van der Waals surface area contributed by atoms with Gasteiger partial charge in [0.15, 0.2) is 34.1 Å². The van der Waals surface area contributed by atoms with Crippen LogP contribution in [-0.4, -0.2) is 96.1 Å². The Morgan fingerprint density at radius 1 is 0.648 bits per heavy atom. The lowest BCUT2D eigenvalue weighted by Gasteiger charge is -2.63. The van der Waals surface area contributed by atoms with Crippen molar-refractivity contribution in [3.63, 3.8) is 0 Å². The molecule has 0 bridgehead atoms. The number of hydrogen-bond donors (Lipinski definition) is 2. The highest BCUT2D eigenvalue weighted by molar-refractivity contribution is 8.29. The summed E-state index contributed by atoms with van der Waals surface area (Å²) in [6.45, 7) is 9.46. The molecule has 2 aromatic heterocycles. The van der Waals surface area contributed by atoms with E-state index in [0.717, 1.165) is 24.3 Å². The van der Waals surface area contributed by atoms with E-state index in [9.17, 15) is 29.4 Å². The Morgan fingerprint density at radius 3 is 1.38 bits per heavy atom. The summed E-state index contributed by atoms with van der Waals surface area (Å²) in [6.07, 6.45) is 0.730. The van der Waals surface area contributed by atoms with Crippen LogP contribution in [0.15, 0.2) is 93.2 Å². The van der Waals surface area contributed by atoms with Crippen LogP contribution in [0, 0.1) is 57.2 Å². The normalized spacial score (nSPS) is 46.1. The van der Waals surface area contributed by atoms with Gasteiger partial charge in [-0.05, 0) is 124 Å². The van der Waals surface area contributed by atoms with Crippen LogP contribution in [0.25, 0.3) is 0 Å². The minimum absolute atomic E-state index is 0.0542. The number of aliphatic hydroxyl groups is 2. The molecule has 0 aliphatic heterocycles. The summed E-state index contributed by atoms with van der Waals surface area (Å²) in [7, 11) is 0. The van der Waals surface area contributed by atoms with Gasteiger partial charge in [0.1, 0.15) is 12.3 Å². The van der Waals surface area contributed by atoms with Gasteiger partial charge in [-0.2, -0.15) is 0 Å². The first kappa shape index (κ1) is 50.0. The summed E-state index contributed by atoms with van der Waals surface area (Å²) < 4.78 is 92.6. The zero-order valence-corrected chi connectivity index (χ0v) is 41.6. The van der Waals surface area contributed by atoms with Gasteiger partial charge in [0.2, 0.25) is 21.8 Å². The van der Waals surface area contributed by atoms with E-state index in [1.807, 2.05) is 0 Å². The Bertz CT molecular complexity index is 2560. The molecule has 0 spiro atoms. The quantitative estimate of drug-likeness (QED) is 0.145. The summed E-state index contributed by atoms with van der Waals surface area (Å²) in [6, 6.07) is 5.56. The monoisotopic (exact) mass is 1020 g/mol. The molecule has 6 fully saturated rings. The first-order chi connectivity index (χ1) is 33.3. The lowest BCUT2D eigenvalue weighted by atomic mass is 9.44. The Labute approximate surface area is 415 Å². The minimum Gasteiger partial charge on any atom is -0.457 e. The molecular weight excluding hydrogens is 969 g/mol. The molecule has 0 amide bonds. The van der Waals surface area contributed by atoms with Gasteiger partial charge in [-0.3, -0.25) is 19.2 Å². The van der Waals surface area contributed by atoms with Crippen molar-refractivity contribution < 1.29 is 74.8 Å². The lowest BCUT2D eigenvalue weighted by molar-refractivity contribution is -0.221. The Hall–Kier alpha value is -4.52. The van der Waals surface area contributed by atoms with Gasteiger partial charge in [0.05, 0.1) is 29.8 Å². The predicted octanol–water partition coefficient (Wildman–Crippen LogP) is 8.97. The molecule has 0 saturated heterocycles. The molecule has 2 N–H and O–H groups in total. The van der Waals surface area contributed by atoms with Crippen LogP contribution in [0.2, 0.25) is 0 Å². The number of ether oxygens (including phenoxy) is 2. The number of thioether (sulfide) groups is 2. The first-order valence-corrected chi connectivity index (χ1v) is 26.1. The number of ketones is 2. The molecule has 6 saturated carbocycles. The fourth-order valence-corrected chi connectivity index (χ4v) is 18.4. The van der Waals surface area contributed by atoms with E-state index < -0.39 is 164 Å². The van der Waals surface area contributed by atoms with Crippen molar-refractivity contribution in [3.05, 3.63) is 95.9 Å². The van der Waals surface area contributed by atoms with Crippen molar-refractivity contribution in [1.82, 2.24) is 0 Å². The molecule has 8 aliphatic rings. The van der Waals surface area contributed by atoms with Crippen molar-refractivity contribution in [2.24, 2.45) is 57.2 Å². The van der Waals surface area contributed by atoms with Crippen LogP contribution in [0.4, 0.5) is 17.6 Å². The van der Waals surface area contributed by atoms with Crippen molar-refractivity contribution >= 4 is 57.3 Å². The van der Waals surface area contributed by atoms with Gasteiger partial charge in [-0.25, -0.2) is 27.2 Å². The molecule has 71 heavy (non-hydrogen) atoms. The molecule has 12 nitrogen and oxygen atoms in total. The van der Waals surface area contributed by atoms with Crippen LogP contribution < -0.4 is 0 Å². The number of halogens is 4. The number of fused-ring (bicyclic) bond motifs is 10.